The van der Waals surface area contributed by atoms with Crippen LogP contribution in [0.1, 0.15) is 148 Å². The summed E-state index contributed by atoms with van der Waals surface area (Å²) in [5.41, 5.74) is 0. The van der Waals surface area contributed by atoms with E-state index in [9.17, 15) is 24.2 Å². The molecule has 0 saturated carbocycles. The Morgan fingerprint density at radius 2 is 1.05 bits per heavy atom. The summed E-state index contributed by atoms with van der Waals surface area (Å²) in [5.74, 6) is -1.03. The molecule has 0 aromatic carbocycles. The molecule has 0 heterocycles. The van der Waals surface area contributed by atoms with Gasteiger partial charge >= 0.3 is 19.8 Å². The maximum atomic E-state index is 12.6. The van der Waals surface area contributed by atoms with Crippen LogP contribution < -0.4 is 0 Å². The van der Waals surface area contributed by atoms with Crippen molar-refractivity contribution in [2.24, 2.45) is 0 Å². The van der Waals surface area contributed by atoms with Gasteiger partial charge in [0.2, 0.25) is 0 Å². The van der Waals surface area contributed by atoms with E-state index >= 15 is 0 Å². The highest BCUT2D eigenvalue weighted by Crippen LogP contribution is 2.43. The number of carbonyl (C=O) groups excluding carboxylic acids is 2. The molecule has 0 aromatic heterocycles. The maximum Gasteiger partial charge on any atom is 0.472 e. The molecule has 1 unspecified atom stereocenters. The second-order valence-corrected chi connectivity index (χ2v) is 15.2. The number of phosphoric ester groups is 1. The smallest absolute Gasteiger partial charge is 0.462 e. The van der Waals surface area contributed by atoms with Gasteiger partial charge in [-0.25, -0.2) is 4.57 Å². The summed E-state index contributed by atoms with van der Waals surface area (Å²) in [6.45, 7) is 0.258. The first kappa shape index (κ1) is 53.4. The van der Waals surface area contributed by atoms with Crippen molar-refractivity contribution in [2.75, 3.05) is 33.0 Å². The molecular formula is C44H75O11P. The van der Waals surface area contributed by atoms with Gasteiger partial charge in [0, 0.05) is 19.4 Å². The molecule has 0 amide bonds. The van der Waals surface area contributed by atoms with Gasteiger partial charge in [-0.05, 0) is 83.5 Å². The summed E-state index contributed by atoms with van der Waals surface area (Å²) >= 11 is 0. The third-order valence-electron chi connectivity index (χ3n) is 8.42. The third-order valence-corrected chi connectivity index (χ3v) is 9.37. The molecule has 0 spiro atoms. The maximum absolute atomic E-state index is 12.6. The number of aliphatic hydroxyl groups excluding tert-OH is 3. The first-order valence-electron chi connectivity index (χ1n) is 21.0. The Hall–Kier alpha value is -2.63. The summed E-state index contributed by atoms with van der Waals surface area (Å²) in [4.78, 5) is 34.9. The van der Waals surface area contributed by atoms with Gasteiger partial charge < -0.3 is 29.7 Å². The van der Waals surface area contributed by atoms with Crippen LogP contribution >= 0.6 is 7.82 Å². The van der Waals surface area contributed by atoms with Crippen LogP contribution in [0.3, 0.4) is 0 Å². The Balaban J connectivity index is 4.46. The number of hydrogen-bond donors (Lipinski definition) is 4. The monoisotopic (exact) mass is 811 g/mol. The predicted octanol–water partition coefficient (Wildman–Crippen LogP) is 9.86. The van der Waals surface area contributed by atoms with Gasteiger partial charge in [-0.15, -0.1) is 0 Å². The quantitative estimate of drug-likeness (QED) is 0.0153. The lowest BCUT2D eigenvalue weighted by atomic mass is 10.1. The minimum absolute atomic E-state index is 0.0914. The summed E-state index contributed by atoms with van der Waals surface area (Å²) in [5, 5.41) is 27.1. The molecule has 0 saturated heterocycles. The normalized spacial score (nSPS) is 14.6. The molecule has 0 radical (unpaired) electrons. The Morgan fingerprint density at radius 1 is 0.571 bits per heavy atom. The summed E-state index contributed by atoms with van der Waals surface area (Å²) < 4.78 is 32.6. The van der Waals surface area contributed by atoms with E-state index in [1.54, 1.807) is 0 Å². The average molecular weight is 811 g/mol. The highest BCUT2D eigenvalue weighted by molar-refractivity contribution is 7.47. The number of carbonyl (C=O) groups is 2. The Bertz CT molecular complexity index is 1160. The Kier molecular flexibility index (Phi) is 38.7. The molecule has 0 aliphatic rings. The SMILES string of the molecule is CCCCCC/C=C\C=C/CCCCCCCC(=O)OC[C@H](COP(=O)(O)OC[C@@H](O)CO)OC(=O)CCC/C=C\C/C=C\C/C=C\C/C=C\CCCCCO. The van der Waals surface area contributed by atoms with Crippen LogP contribution in [0.25, 0.3) is 0 Å². The lowest BCUT2D eigenvalue weighted by molar-refractivity contribution is -0.161. The number of unbranched alkanes of at least 4 members (excludes halogenated alkanes) is 13. The van der Waals surface area contributed by atoms with E-state index in [4.69, 9.17) is 24.2 Å². The van der Waals surface area contributed by atoms with Crippen molar-refractivity contribution in [1.82, 2.24) is 0 Å². The van der Waals surface area contributed by atoms with Gasteiger partial charge in [-0.2, -0.15) is 0 Å². The molecule has 0 bridgehead atoms. The van der Waals surface area contributed by atoms with E-state index in [0.29, 0.717) is 19.3 Å². The number of aliphatic hydroxyl groups is 3. The largest absolute Gasteiger partial charge is 0.472 e. The van der Waals surface area contributed by atoms with Gasteiger partial charge in [-0.3, -0.25) is 18.6 Å². The number of allylic oxidation sites excluding steroid dienone is 12. The number of ether oxygens (including phenoxy) is 2. The molecule has 4 N–H and O–H groups in total. The van der Waals surface area contributed by atoms with Crippen LogP contribution in [0.5, 0.6) is 0 Å². The zero-order valence-corrected chi connectivity index (χ0v) is 35.2. The summed E-state index contributed by atoms with van der Waals surface area (Å²) in [6, 6.07) is 0. The van der Waals surface area contributed by atoms with Gasteiger partial charge in [0.1, 0.15) is 12.7 Å². The molecule has 0 rings (SSSR count). The Morgan fingerprint density at radius 3 is 1.64 bits per heavy atom. The first-order chi connectivity index (χ1) is 27.2. The van der Waals surface area contributed by atoms with Gasteiger partial charge in [-0.1, -0.05) is 125 Å². The molecular weight excluding hydrogens is 735 g/mol. The van der Waals surface area contributed by atoms with Gasteiger partial charge in [0.25, 0.3) is 0 Å². The topological polar surface area (TPSA) is 169 Å². The van der Waals surface area contributed by atoms with Crippen molar-refractivity contribution >= 4 is 19.8 Å². The molecule has 11 nitrogen and oxygen atoms in total. The molecule has 3 atom stereocenters. The zero-order valence-electron chi connectivity index (χ0n) is 34.3. The minimum Gasteiger partial charge on any atom is -0.462 e. The zero-order chi connectivity index (χ0) is 41.2. The second kappa shape index (κ2) is 40.6. The van der Waals surface area contributed by atoms with Crippen molar-refractivity contribution in [3.63, 3.8) is 0 Å². The van der Waals surface area contributed by atoms with Crippen molar-refractivity contribution in [1.29, 1.82) is 0 Å². The predicted molar refractivity (Wildman–Crippen MR) is 225 cm³/mol. The molecule has 56 heavy (non-hydrogen) atoms. The van der Waals surface area contributed by atoms with Crippen LogP contribution in [0.15, 0.2) is 72.9 Å². The van der Waals surface area contributed by atoms with Crippen LogP contribution in [0, 0.1) is 0 Å². The van der Waals surface area contributed by atoms with E-state index in [1.807, 2.05) is 12.2 Å². The third kappa shape index (κ3) is 39.6. The van der Waals surface area contributed by atoms with Crippen LogP contribution in [-0.2, 0) is 32.7 Å². The lowest BCUT2D eigenvalue weighted by Gasteiger charge is -2.20. The molecule has 0 aliphatic carbocycles. The fraction of sp³-hybridized carbons (Fsp3) is 0.682. The highest BCUT2D eigenvalue weighted by Gasteiger charge is 2.27. The first-order valence-corrected chi connectivity index (χ1v) is 22.5. The van der Waals surface area contributed by atoms with Crippen LogP contribution in [0.4, 0.5) is 0 Å². The molecule has 12 heteroatoms. The summed E-state index contributed by atoms with van der Waals surface area (Å²) in [7, 11) is -4.64. The fourth-order valence-corrected chi connectivity index (χ4v) is 5.92. The number of rotatable bonds is 39. The van der Waals surface area contributed by atoms with Gasteiger partial charge in [0.05, 0.1) is 19.8 Å². The summed E-state index contributed by atoms with van der Waals surface area (Å²) in [6.07, 6.45) is 43.1. The van der Waals surface area contributed by atoms with E-state index < -0.39 is 51.8 Å². The van der Waals surface area contributed by atoms with E-state index in [-0.39, 0.29) is 26.1 Å². The fourth-order valence-electron chi connectivity index (χ4n) is 5.13. The molecule has 0 fully saturated rings. The van der Waals surface area contributed by atoms with E-state index in [2.05, 4.69) is 72.2 Å². The standard InChI is InChI=1S/C44H75O11P/c1-2-3-4-5-6-7-8-9-13-16-19-22-25-28-31-34-43(48)52-39-42(40-54-56(50,51)53-38-41(47)37-46)55-44(49)35-32-29-26-23-20-17-14-11-10-12-15-18-21-24-27-30-33-36-45/h7-10,12-14,17-18,21,23,26,41-42,45-47H,2-6,11,15-16,19-20,22,24-25,27-40H2,1H3,(H,50,51)/b8-7-,12-10-,13-9-,17-14-,21-18-,26-23-/t41-,42+/m0/s1. The number of phosphoric acid groups is 1. The average Bonchev–Trinajstić information content (AvgIpc) is 3.19. The minimum atomic E-state index is -4.64. The van der Waals surface area contributed by atoms with Crippen LogP contribution in [0.2, 0.25) is 0 Å². The number of esters is 2. The van der Waals surface area contributed by atoms with Crippen molar-refractivity contribution < 1.29 is 52.9 Å². The second-order valence-electron chi connectivity index (χ2n) is 13.8. The molecule has 322 valence electrons. The van der Waals surface area contributed by atoms with Crippen LogP contribution in [-0.4, -0.2) is 77.4 Å². The Labute approximate surface area is 338 Å². The highest BCUT2D eigenvalue weighted by atomic mass is 31.2. The van der Waals surface area contributed by atoms with Crippen molar-refractivity contribution in [3.05, 3.63) is 72.9 Å². The van der Waals surface area contributed by atoms with Crippen molar-refractivity contribution in [3.8, 4) is 0 Å². The van der Waals surface area contributed by atoms with Crippen molar-refractivity contribution in [2.45, 2.75) is 160 Å². The molecule has 0 aromatic rings. The molecule has 0 aliphatic heterocycles. The number of hydrogen-bond acceptors (Lipinski definition) is 10. The van der Waals surface area contributed by atoms with E-state index in [0.717, 1.165) is 83.5 Å². The lowest BCUT2D eigenvalue weighted by Crippen LogP contribution is -2.29. The van der Waals surface area contributed by atoms with E-state index in [1.165, 1.54) is 25.7 Å². The van der Waals surface area contributed by atoms with Gasteiger partial charge in [0.15, 0.2) is 6.10 Å².